The summed E-state index contributed by atoms with van der Waals surface area (Å²) in [6.45, 7) is 7.10. The van der Waals surface area contributed by atoms with Gasteiger partial charge < -0.3 is 10.6 Å². The summed E-state index contributed by atoms with van der Waals surface area (Å²) in [6, 6.07) is 5.83. The first-order valence-electron chi connectivity index (χ1n) is 9.10. The van der Waals surface area contributed by atoms with Crippen LogP contribution in [0.25, 0.3) is 5.82 Å². The van der Waals surface area contributed by atoms with Gasteiger partial charge in [-0.2, -0.15) is 5.10 Å². The predicted molar refractivity (Wildman–Crippen MR) is 106 cm³/mol. The molecule has 0 spiro atoms. The van der Waals surface area contributed by atoms with Crippen molar-refractivity contribution >= 4 is 15.8 Å². The van der Waals surface area contributed by atoms with Crippen LogP contribution in [0.2, 0.25) is 0 Å². The van der Waals surface area contributed by atoms with Gasteiger partial charge in [0.15, 0.2) is 21.6 Å². The highest BCUT2D eigenvalue weighted by Gasteiger charge is 2.28. The fourth-order valence-electron chi connectivity index (χ4n) is 3.09. The second kappa shape index (κ2) is 8.08. The van der Waals surface area contributed by atoms with E-state index in [1.54, 1.807) is 6.20 Å². The number of sulfone groups is 1. The molecule has 146 valence electrons. The van der Waals surface area contributed by atoms with Crippen LogP contribution in [0.1, 0.15) is 30.3 Å². The van der Waals surface area contributed by atoms with E-state index < -0.39 is 9.84 Å². The summed E-state index contributed by atoms with van der Waals surface area (Å²) in [7, 11) is -2.92. The van der Waals surface area contributed by atoms with Crippen LogP contribution in [-0.4, -0.2) is 53.2 Å². The van der Waals surface area contributed by atoms with Gasteiger partial charge in [0.2, 0.25) is 0 Å². The Labute approximate surface area is 160 Å². The number of aryl methyl sites for hydroxylation is 2. The van der Waals surface area contributed by atoms with Crippen LogP contribution in [0.5, 0.6) is 0 Å². The van der Waals surface area contributed by atoms with Gasteiger partial charge in [-0.3, -0.25) is 0 Å². The Morgan fingerprint density at radius 1 is 1.37 bits per heavy atom. The molecule has 1 aliphatic rings. The number of hydrogen-bond donors (Lipinski definition) is 2. The lowest BCUT2D eigenvalue weighted by Crippen LogP contribution is -2.44. The maximum Gasteiger partial charge on any atom is 0.191 e. The molecule has 1 saturated heterocycles. The molecular formula is C18H26N6O2S. The molecule has 0 aliphatic carbocycles. The van der Waals surface area contributed by atoms with Crippen molar-refractivity contribution in [3.8, 4) is 5.82 Å². The van der Waals surface area contributed by atoms with Gasteiger partial charge in [-0.1, -0.05) is 6.07 Å². The number of aromatic nitrogens is 3. The standard InChI is InChI=1S/C18H26N6O2S/c1-4-19-18(22-16-7-8-27(25,26)12-16)21-11-15-5-6-17(20-10-15)24-14(3)9-13(2)23-24/h5-6,9-10,16H,4,7-8,11-12H2,1-3H3,(H2,19,21,22). The summed E-state index contributed by atoms with van der Waals surface area (Å²) in [5.74, 6) is 1.80. The highest BCUT2D eigenvalue weighted by Crippen LogP contribution is 2.12. The molecule has 0 saturated carbocycles. The zero-order valence-electron chi connectivity index (χ0n) is 15.9. The van der Waals surface area contributed by atoms with Crippen molar-refractivity contribution in [3.63, 3.8) is 0 Å². The Morgan fingerprint density at radius 2 is 2.19 bits per heavy atom. The van der Waals surface area contributed by atoms with E-state index in [0.717, 1.165) is 22.8 Å². The van der Waals surface area contributed by atoms with Gasteiger partial charge in [-0.25, -0.2) is 23.1 Å². The zero-order chi connectivity index (χ0) is 19.4. The van der Waals surface area contributed by atoms with E-state index in [0.29, 0.717) is 25.5 Å². The summed E-state index contributed by atoms with van der Waals surface area (Å²) in [5.41, 5.74) is 2.96. The highest BCUT2D eigenvalue weighted by atomic mass is 32.2. The third-order valence-electron chi connectivity index (χ3n) is 4.37. The molecule has 2 N–H and O–H groups in total. The summed E-state index contributed by atoms with van der Waals surface area (Å²) in [6.07, 6.45) is 2.41. The average Bonchev–Trinajstić information content (AvgIpc) is 3.14. The van der Waals surface area contributed by atoms with Crippen LogP contribution < -0.4 is 10.6 Å². The number of nitrogens with zero attached hydrogens (tertiary/aromatic N) is 4. The van der Waals surface area contributed by atoms with Crippen molar-refractivity contribution in [1.29, 1.82) is 0 Å². The van der Waals surface area contributed by atoms with Crippen molar-refractivity contribution in [2.24, 2.45) is 4.99 Å². The topological polar surface area (TPSA) is 101 Å². The van der Waals surface area contributed by atoms with Gasteiger partial charge in [0, 0.05) is 24.5 Å². The normalized spacial score (nSPS) is 19.2. The number of hydrogen-bond acceptors (Lipinski definition) is 5. The summed E-state index contributed by atoms with van der Waals surface area (Å²) in [5, 5.41) is 10.8. The number of nitrogens with one attached hydrogen (secondary N) is 2. The van der Waals surface area contributed by atoms with Gasteiger partial charge >= 0.3 is 0 Å². The molecule has 8 nitrogen and oxygen atoms in total. The molecule has 1 aliphatic heterocycles. The van der Waals surface area contributed by atoms with Crippen molar-refractivity contribution < 1.29 is 8.42 Å². The van der Waals surface area contributed by atoms with E-state index in [1.165, 1.54) is 0 Å². The lowest BCUT2D eigenvalue weighted by Gasteiger charge is -2.15. The minimum absolute atomic E-state index is 0.0840. The van der Waals surface area contributed by atoms with Crippen LogP contribution >= 0.6 is 0 Å². The maximum atomic E-state index is 11.6. The molecule has 9 heteroatoms. The van der Waals surface area contributed by atoms with Crippen LogP contribution in [0.4, 0.5) is 0 Å². The first-order chi connectivity index (χ1) is 12.9. The minimum Gasteiger partial charge on any atom is -0.357 e. The van der Waals surface area contributed by atoms with Gasteiger partial charge in [-0.05, 0) is 44.9 Å². The van der Waals surface area contributed by atoms with E-state index in [2.05, 4.69) is 25.7 Å². The second-order valence-corrected chi connectivity index (χ2v) is 9.03. The summed E-state index contributed by atoms with van der Waals surface area (Å²) in [4.78, 5) is 9.04. The molecule has 3 rings (SSSR count). The maximum absolute atomic E-state index is 11.6. The Hall–Kier alpha value is -2.42. The molecule has 0 amide bonds. The Kier molecular flexibility index (Phi) is 5.79. The van der Waals surface area contributed by atoms with Crippen molar-refractivity contribution in [2.45, 2.75) is 39.8 Å². The van der Waals surface area contributed by atoms with Crippen LogP contribution in [0, 0.1) is 13.8 Å². The highest BCUT2D eigenvalue weighted by molar-refractivity contribution is 7.91. The molecule has 0 aromatic carbocycles. The molecule has 1 atom stereocenters. The Morgan fingerprint density at radius 3 is 2.74 bits per heavy atom. The SMILES string of the molecule is CCNC(=NCc1ccc(-n2nc(C)cc2C)nc1)NC1CCS(=O)(=O)C1. The van der Waals surface area contributed by atoms with Crippen molar-refractivity contribution in [2.75, 3.05) is 18.1 Å². The minimum atomic E-state index is -2.92. The van der Waals surface area contributed by atoms with Gasteiger partial charge in [0.25, 0.3) is 0 Å². The fraction of sp³-hybridized carbons (Fsp3) is 0.500. The second-order valence-electron chi connectivity index (χ2n) is 6.80. The number of aliphatic imine (C=N–C) groups is 1. The molecule has 2 aromatic heterocycles. The van der Waals surface area contributed by atoms with Gasteiger partial charge in [0.05, 0.1) is 23.7 Å². The van der Waals surface area contributed by atoms with Crippen molar-refractivity contribution in [1.82, 2.24) is 25.4 Å². The molecule has 1 fully saturated rings. The lowest BCUT2D eigenvalue weighted by molar-refractivity contribution is 0.599. The Balaban J connectivity index is 1.66. The smallest absolute Gasteiger partial charge is 0.191 e. The number of rotatable bonds is 5. The predicted octanol–water partition coefficient (Wildman–Crippen LogP) is 1.13. The molecular weight excluding hydrogens is 364 g/mol. The van der Waals surface area contributed by atoms with E-state index in [4.69, 9.17) is 0 Å². The van der Waals surface area contributed by atoms with Crippen LogP contribution in [0.3, 0.4) is 0 Å². The van der Waals surface area contributed by atoms with E-state index in [1.807, 2.05) is 43.7 Å². The zero-order valence-corrected chi connectivity index (χ0v) is 16.8. The Bertz CT molecular complexity index is 918. The van der Waals surface area contributed by atoms with E-state index in [-0.39, 0.29) is 17.5 Å². The number of pyridine rings is 1. The van der Waals surface area contributed by atoms with Crippen LogP contribution in [-0.2, 0) is 16.4 Å². The number of guanidine groups is 1. The molecule has 3 heterocycles. The molecule has 2 aromatic rings. The molecule has 1 unspecified atom stereocenters. The van der Waals surface area contributed by atoms with Crippen molar-refractivity contribution in [3.05, 3.63) is 41.3 Å². The van der Waals surface area contributed by atoms with Gasteiger partial charge in [-0.15, -0.1) is 0 Å². The van der Waals surface area contributed by atoms with Gasteiger partial charge in [0.1, 0.15) is 0 Å². The quantitative estimate of drug-likeness (QED) is 0.586. The summed E-state index contributed by atoms with van der Waals surface area (Å²) >= 11 is 0. The average molecular weight is 391 g/mol. The van der Waals surface area contributed by atoms with E-state index >= 15 is 0 Å². The molecule has 0 bridgehead atoms. The first-order valence-corrected chi connectivity index (χ1v) is 10.9. The van der Waals surface area contributed by atoms with Crippen LogP contribution in [0.15, 0.2) is 29.4 Å². The monoisotopic (exact) mass is 390 g/mol. The third-order valence-corrected chi connectivity index (χ3v) is 6.14. The molecule has 0 radical (unpaired) electrons. The molecule has 27 heavy (non-hydrogen) atoms. The van der Waals surface area contributed by atoms with E-state index in [9.17, 15) is 8.42 Å². The largest absolute Gasteiger partial charge is 0.357 e. The fourth-order valence-corrected chi connectivity index (χ4v) is 4.76. The first kappa shape index (κ1) is 19.3. The third kappa shape index (κ3) is 5.06. The summed E-state index contributed by atoms with van der Waals surface area (Å²) < 4.78 is 25.1. The lowest BCUT2D eigenvalue weighted by atomic mass is 10.2.